The number of para-hydroxylation sites is 1. The van der Waals surface area contributed by atoms with Crippen LogP contribution in [0.3, 0.4) is 0 Å². The molecule has 0 fully saturated rings. The third-order valence-electron chi connectivity index (χ3n) is 12.0. The van der Waals surface area contributed by atoms with E-state index >= 15 is 0 Å². The molecular weight excluding hydrogens is 705 g/mol. The second kappa shape index (κ2) is 14.4. The van der Waals surface area contributed by atoms with Crippen molar-refractivity contribution in [1.29, 1.82) is 0 Å². The zero-order valence-corrected chi connectivity index (χ0v) is 32.1. The number of fused-ring (bicyclic) bond motifs is 6. The molecule has 1 unspecified atom stereocenters. The molecule has 0 N–H and O–H groups in total. The van der Waals surface area contributed by atoms with Gasteiger partial charge in [-0.2, -0.15) is 0 Å². The highest BCUT2D eigenvalue weighted by Gasteiger charge is 2.34. The first-order valence-corrected chi connectivity index (χ1v) is 20.3. The highest BCUT2D eigenvalue weighted by Crippen LogP contribution is 2.51. The standard InChI is InChI=1S/C54H40N4/c1-4-17-37(18-5-1)40-23-15-25-43(34-40)58-50-29-13-12-28-47(50)48-31-30-46-45-27-11-10-26-44(45)42(35-49(46)51(48)58)33-36-16-14-24-41(32-36)54-56-52(38-19-6-2-7-20-38)55-53(57-54)39-21-8-3-9-22-39/h1-29,32,34,42H,30-31,33,35H2. The van der Waals surface area contributed by atoms with Crippen LogP contribution in [-0.4, -0.2) is 19.5 Å². The molecule has 2 heterocycles. The van der Waals surface area contributed by atoms with Crippen molar-refractivity contribution in [2.24, 2.45) is 0 Å². The zero-order valence-electron chi connectivity index (χ0n) is 32.1. The van der Waals surface area contributed by atoms with Crippen molar-refractivity contribution in [2.45, 2.75) is 31.6 Å². The summed E-state index contributed by atoms with van der Waals surface area (Å²) in [5.74, 6) is 2.33. The number of allylic oxidation sites excluding steroid dienone is 2. The molecule has 0 saturated heterocycles. The average molecular weight is 745 g/mol. The summed E-state index contributed by atoms with van der Waals surface area (Å²) in [4.78, 5) is 15.0. The van der Waals surface area contributed by atoms with Crippen LogP contribution in [-0.2, 0) is 12.8 Å². The number of aromatic nitrogens is 4. The van der Waals surface area contributed by atoms with Gasteiger partial charge in [0.05, 0.1) is 11.2 Å². The van der Waals surface area contributed by atoms with Crippen LogP contribution in [0.1, 0.15) is 46.7 Å². The van der Waals surface area contributed by atoms with Crippen LogP contribution in [0.4, 0.5) is 0 Å². The summed E-state index contributed by atoms with van der Waals surface area (Å²) in [5, 5.41) is 1.36. The van der Waals surface area contributed by atoms with E-state index in [1.165, 1.54) is 66.8 Å². The molecule has 2 aromatic heterocycles. The summed E-state index contributed by atoms with van der Waals surface area (Å²) < 4.78 is 2.56. The molecule has 1 atom stereocenters. The lowest BCUT2D eigenvalue weighted by atomic mass is 9.71. The van der Waals surface area contributed by atoms with Gasteiger partial charge in [-0.1, -0.05) is 164 Å². The van der Waals surface area contributed by atoms with E-state index in [2.05, 4.69) is 156 Å². The third kappa shape index (κ3) is 6.05. The molecule has 2 aliphatic carbocycles. The molecule has 7 aromatic carbocycles. The third-order valence-corrected chi connectivity index (χ3v) is 12.0. The van der Waals surface area contributed by atoms with Crippen molar-refractivity contribution < 1.29 is 0 Å². The number of hydrogen-bond acceptors (Lipinski definition) is 3. The van der Waals surface area contributed by atoms with Gasteiger partial charge in [0.25, 0.3) is 0 Å². The van der Waals surface area contributed by atoms with Gasteiger partial charge in [-0.15, -0.1) is 0 Å². The molecule has 0 aliphatic heterocycles. The summed E-state index contributed by atoms with van der Waals surface area (Å²) in [6.45, 7) is 0. The first-order valence-electron chi connectivity index (χ1n) is 20.3. The SMILES string of the molecule is c1ccc(-c2cccc(-n3c4c(c5ccccc53)CCC3=C4CC(Cc4cccc(-c5nc(-c6ccccc6)nc(-c6ccccc6)n5)c4)c4ccccc43)c2)cc1. The number of benzene rings is 7. The molecule has 276 valence electrons. The van der Waals surface area contributed by atoms with E-state index in [0.717, 1.165) is 42.4 Å². The predicted molar refractivity (Wildman–Crippen MR) is 237 cm³/mol. The van der Waals surface area contributed by atoms with Gasteiger partial charge >= 0.3 is 0 Å². The molecule has 9 aromatic rings. The van der Waals surface area contributed by atoms with Crippen LogP contribution in [0.25, 0.3) is 73.0 Å². The Hall–Kier alpha value is -7.17. The average Bonchev–Trinajstić information content (AvgIpc) is 3.65. The Morgan fingerprint density at radius 3 is 1.79 bits per heavy atom. The normalized spacial score (nSPS) is 14.5. The predicted octanol–water partition coefficient (Wildman–Crippen LogP) is 13.1. The lowest BCUT2D eigenvalue weighted by Gasteiger charge is -2.34. The number of rotatable bonds is 7. The smallest absolute Gasteiger partial charge is 0.164 e. The van der Waals surface area contributed by atoms with Gasteiger partial charge in [0.15, 0.2) is 17.5 Å². The van der Waals surface area contributed by atoms with Crippen molar-refractivity contribution in [3.8, 4) is 51.0 Å². The van der Waals surface area contributed by atoms with Crippen LogP contribution >= 0.6 is 0 Å². The largest absolute Gasteiger partial charge is 0.309 e. The second-order valence-corrected chi connectivity index (χ2v) is 15.5. The van der Waals surface area contributed by atoms with Crippen LogP contribution < -0.4 is 0 Å². The van der Waals surface area contributed by atoms with E-state index in [0.29, 0.717) is 23.4 Å². The van der Waals surface area contributed by atoms with Crippen molar-refractivity contribution in [3.05, 3.63) is 216 Å². The summed E-state index contributed by atoms with van der Waals surface area (Å²) in [5.41, 5.74) is 17.8. The van der Waals surface area contributed by atoms with Gasteiger partial charge < -0.3 is 4.57 Å². The molecule has 11 rings (SSSR count). The molecule has 4 nitrogen and oxygen atoms in total. The zero-order chi connectivity index (χ0) is 38.4. The van der Waals surface area contributed by atoms with Crippen molar-refractivity contribution in [2.75, 3.05) is 0 Å². The van der Waals surface area contributed by atoms with Gasteiger partial charge in [-0.3, -0.25) is 0 Å². The maximum absolute atomic E-state index is 5.05. The van der Waals surface area contributed by atoms with Crippen molar-refractivity contribution in [1.82, 2.24) is 19.5 Å². The van der Waals surface area contributed by atoms with E-state index < -0.39 is 0 Å². The van der Waals surface area contributed by atoms with Gasteiger partial charge in [-0.25, -0.2) is 15.0 Å². The maximum atomic E-state index is 5.05. The lowest BCUT2D eigenvalue weighted by Crippen LogP contribution is -2.18. The van der Waals surface area contributed by atoms with Gasteiger partial charge in [-0.05, 0) is 100 Å². The van der Waals surface area contributed by atoms with Gasteiger partial charge in [0, 0.05) is 27.8 Å². The number of aryl methyl sites for hydroxylation is 1. The second-order valence-electron chi connectivity index (χ2n) is 15.5. The van der Waals surface area contributed by atoms with Crippen molar-refractivity contribution >= 4 is 22.0 Å². The monoisotopic (exact) mass is 744 g/mol. The minimum atomic E-state index is 0.302. The fourth-order valence-corrected chi connectivity index (χ4v) is 9.39. The summed E-state index contributed by atoms with van der Waals surface area (Å²) in [6.07, 6.45) is 3.96. The minimum absolute atomic E-state index is 0.302. The topological polar surface area (TPSA) is 43.6 Å². The van der Waals surface area contributed by atoms with E-state index in [4.69, 9.17) is 15.0 Å². The summed E-state index contributed by atoms with van der Waals surface area (Å²) in [7, 11) is 0. The van der Waals surface area contributed by atoms with Crippen LogP contribution in [0.15, 0.2) is 188 Å². The number of nitrogens with zero attached hydrogens (tertiary/aromatic N) is 4. The van der Waals surface area contributed by atoms with Crippen molar-refractivity contribution in [3.63, 3.8) is 0 Å². The van der Waals surface area contributed by atoms with Crippen LogP contribution in [0.5, 0.6) is 0 Å². The van der Waals surface area contributed by atoms with E-state index in [-0.39, 0.29) is 0 Å². The Morgan fingerprint density at radius 2 is 1.05 bits per heavy atom. The number of hydrogen-bond donors (Lipinski definition) is 0. The minimum Gasteiger partial charge on any atom is -0.309 e. The molecule has 2 aliphatic rings. The van der Waals surface area contributed by atoms with E-state index in [1.54, 1.807) is 0 Å². The molecule has 0 amide bonds. The molecular formula is C54H40N4. The quantitative estimate of drug-likeness (QED) is 0.163. The Morgan fingerprint density at radius 1 is 0.466 bits per heavy atom. The highest BCUT2D eigenvalue weighted by atomic mass is 15.0. The molecule has 4 heteroatoms. The van der Waals surface area contributed by atoms with Crippen LogP contribution in [0.2, 0.25) is 0 Å². The molecule has 0 bridgehead atoms. The first-order chi connectivity index (χ1) is 28.7. The van der Waals surface area contributed by atoms with Crippen LogP contribution in [0, 0.1) is 0 Å². The summed E-state index contributed by atoms with van der Waals surface area (Å²) >= 11 is 0. The fraction of sp³-hybridized carbons (Fsp3) is 0.0926. The van der Waals surface area contributed by atoms with E-state index in [9.17, 15) is 0 Å². The Bertz CT molecular complexity index is 2940. The molecule has 0 saturated carbocycles. The molecule has 0 spiro atoms. The maximum Gasteiger partial charge on any atom is 0.164 e. The molecule has 58 heavy (non-hydrogen) atoms. The highest BCUT2D eigenvalue weighted by molar-refractivity contribution is 6.02. The Labute approximate surface area is 338 Å². The van der Waals surface area contributed by atoms with Gasteiger partial charge in [0.1, 0.15) is 0 Å². The first kappa shape index (κ1) is 34.1. The lowest BCUT2D eigenvalue weighted by molar-refractivity contribution is 0.686. The summed E-state index contributed by atoms with van der Waals surface area (Å²) in [6, 6.07) is 67.2. The van der Waals surface area contributed by atoms with Gasteiger partial charge in [0.2, 0.25) is 0 Å². The Balaban J connectivity index is 1.00. The molecule has 0 radical (unpaired) electrons. The van der Waals surface area contributed by atoms with E-state index in [1.807, 2.05) is 36.4 Å². The fourth-order valence-electron chi connectivity index (χ4n) is 9.39. The Kier molecular flexibility index (Phi) is 8.47.